The Morgan fingerprint density at radius 1 is 1.32 bits per heavy atom. The molecule has 0 spiro atoms. The van der Waals surface area contributed by atoms with Crippen molar-refractivity contribution in [2.45, 2.75) is 46.0 Å². The molecule has 1 fully saturated rings. The highest BCUT2D eigenvalue weighted by Crippen LogP contribution is 2.28. The third-order valence-corrected chi connectivity index (χ3v) is 4.67. The van der Waals surface area contributed by atoms with E-state index in [1.807, 2.05) is 18.2 Å². The van der Waals surface area contributed by atoms with Gasteiger partial charge in [0.05, 0.1) is 26.1 Å². The molecular formula is C20H29NO4. The molecule has 1 amide bonds. The van der Waals surface area contributed by atoms with Crippen molar-refractivity contribution in [3.8, 4) is 5.75 Å². The van der Waals surface area contributed by atoms with Crippen LogP contribution in [0.4, 0.5) is 0 Å². The van der Waals surface area contributed by atoms with E-state index < -0.39 is 0 Å². The van der Waals surface area contributed by atoms with Crippen molar-refractivity contribution in [2.24, 2.45) is 5.92 Å². The molecule has 0 aliphatic carbocycles. The Morgan fingerprint density at radius 2 is 2.08 bits per heavy atom. The quantitative estimate of drug-likeness (QED) is 0.742. The summed E-state index contributed by atoms with van der Waals surface area (Å²) in [5, 5.41) is 0. The number of nitrogens with zero attached hydrogens (tertiary/aromatic N) is 1. The molecule has 0 N–H and O–H groups in total. The van der Waals surface area contributed by atoms with Crippen molar-refractivity contribution in [1.29, 1.82) is 0 Å². The van der Waals surface area contributed by atoms with Crippen molar-refractivity contribution in [2.75, 3.05) is 26.8 Å². The standard InChI is InChI=1S/C20H29NO4/c1-5-25-20(23)16-7-6-10-21(13-16)19(22)12-15-8-9-18(24-4)17(11-15)14(2)3/h8-9,11,14,16H,5-7,10,12-13H2,1-4H3. The molecule has 1 aliphatic heterocycles. The highest BCUT2D eigenvalue weighted by Gasteiger charge is 2.29. The zero-order valence-corrected chi connectivity index (χ0v) is 15.7. The van der Waals surface area contributed by atoms with Crippen molar-refractivity contribution >= 4 is 11.9 Å². The van der Waals surface area contributed by atoms with Crippen LogP contribution in [0.2, 0.25) is 0 Å². The summed E-state index contributed by atoms with van der Waals surface area (Å²) >= 11 is 0. The van der Waals surface area contributed by atoms with Crippen LogP contribution in [-0.2, 0) is 20.7 Å². The first-order valence-corrected chi connectivity index (χ1v) is 9.07. The third-order valence-electron chi connectivity index (χ3n) is 4.67. The van der Waals surface area contributed by atoms with Crippen LogP contribution in [0.1, 0.15) is 50.7 Å². The normalized spacial score (nSPS) is 17.5. The number of amides is 1. The third kappa shape index (κ3) is 4.97. The number of methoxy groups -OCH3 is 1. The summed E-state index contributed by atoms with van der Waals surface area (Å²) in [6.45, 7) is 7.58. The first kappa shape index (κ1) is 19.3. The van der Waals surface area contributed by atoms with Gasteiger partial charge in [0.25, 0.3) is 0 Å². The molecule has 5 nitrogen and oxygen atoms in total. The van der Waals surface area contributed by atoms with E-state index in [0.29, 0.717) is 32.0 Å². The molecule has 2 rings (SSSR count). The first-order valence-electron chi connectivity index (χ1n) is 9.07. The van der Waals surface area contributed by atoms with E-state index in [0.717, 1.165) is 29.7 Å². The lowest BCUT2D eigenvalue weighted by atomic mass is 9.96. The zero-order valence-electron chi connectivity index (χ0n) is 15.7. The van der Waals surface area contributed by atoms with Crippen LogP contribution in [0.15, 0.2) is 18.2 Å². The maximum absolute atomic E-state index is 12.7. The van der Waals surface area contributed by atoms with Gasteiger partial charge in [0.15, 0.2) is 0 Å². The van der Waals surface area contributed by atoms with Gasteiger partial charge in [-0.3, -0.25) is 9.59 Å². The van der Waals surface area contributed by atoms with Gasteiger partial charge < -0.3 is 14.4 Å². The number of carbonyl (C=O) groups is 2. The average molecular weight is 347 g/mol. The lowest BCUT2D eigenvalue weighted by Gasteiger charge is -2.31. The van der Waals surface area contributed by atoms with Gasteiger partial charge in [0.1, 0.15) is 5.75 Å². The van der Waals surface area contributed by atoms with Gasteiger partial charge in [-0.1, -0.05) is 26.0 Å². The van der Waals surface area contributed by atoms with Crippen LogP contribution in [0.3, 0.4) is 0 Å². The first-order chi connectivity index (χ1) is 12.0. The maximum Gasteiger partial charge on any atom is 0.310 e. The number of likely N-dealkylation sites (tertiary alicyclic amines) is 1. The average Bonchev–Trinajstić information content (AvgIpc) is 2.61. The SMILES string of the molecule is CCOC(=O)C1CCCN(C(=O)Cc2ccc(OC)c(C(C)C)c2)C1. The minimum Gasteiger partial charge on any atom is -0.496 e. The van der Waals surface area contributed by atoms with E-state index in [1.54, 1.807) is 18.9 Å². The summed E-state index contributed by atoms with van der Waals surface area (Å²) in [5.41, 5.74) is 2.09. The Labute approximate surface area is 150 Å². The fourth-order valence-electron chi connectivity index (χ4n) is 3.29. The molecule has 1 aromatic rings. The van der Waals surface area contributed by atoms with Gasteiger partial charge >= 0.3 is 5.97 Å². The van der Waals surface area contributed by atoms with E-state index in [9.17, 15) is 9.59 Å². The summed E-state index contributed by atoms with van der Waals surface area (Å²) in [5.74, 6) is 0.861. The molecule has 1 heterocycles. The van der Waals surface area contributed by atoms with Crippen molar-refractivity contribution in [1.82, 2.24) is 4.90 Å². The second-order valence-electron chi connectivity index (χ2n) is 6.84. The summed E-state index contributed by atoms with van der Waals surface area (Å²) in [6, 6.07) is 5.92. The van der Waals surface area contributed by atoms with Crippen LogP contribution >= 0.6 is 0 Å². The van der Waals surface area contributed by atoms with Crippen LogP contribution in [0.5, 0.6) is 5.75 Å². The Kier molecular flexibility index (Phi) is 6.85. The van der Waals surface area contributed by atoms with E-state index >= 15 is 0 Å². The smallest absolute Gasteiger partial charge is 0.310 e. The molecule has 0 radical (unpaired) electrons. The highest BCUT2D eigenvalue weighted by atomic mass is 16.5. The molecular weight excluding hydrogens is 318 g/mol. The zero-order chi connectivity index (χ0) is 18.4. The number of hydrogen-bond acceptors (Lipinski definition) is 4. The number of benzene rings is 1. The summed E-state index contributed by atoms with van der Waals surface area (Å²) < 4.78 is 10.5. The molecule has 1 saturated heterocycles. The molecule has 25 heavy (non-hydrogen) atoms. The number of esters is 1. The Balaban J connectivity index is 2.04. The van der Waals surface area contributed by atoms with Crippen molar-refractivity contribution in [3.63, 3.8) is 0 Å². The van der Waals surface area contributed by atoms with Crippen LogP contribution in [0.25, 0.3) is 0 Å². The fourth-order valence-corrected chi connectivity index (χ4v) is 3.29. The van der Waals surface area contributed by atoms with Gasteiger partial charge in [-0.25, -0.2) is 0 Å². The molecule has 1 atom stereocenters. The molecule has 0 bridgehead atoms. The summed E-state index contributed by atoms with van der Waals surface area (Å²) in [4.78, 5) is 26.4. The van der Waals surface area contributed by atoms with Gasteiger partial charge in [0, 0.05) is 13.1 Å². The second kappa shape index (κ2) is 8.88. The van der Waals surface area contributed by atoms with Crippen LogP contribution in [0, 0.1) is 5.92 Å². The lowest BCUT2D eigenvalue weighted by Crippen LogP contribution is -2.43. The predicted octanol–water partition coefficient (Wildman–Crippen LogP) is 3.16. The topological polar surface area (TPSA) is 55.8 Å². The molecule has 138 valence electrons. The van der Waals surface area contributed by atoms with Crippen LogP contribution < -0.4 is 4.74 Å². The fraction of sp³-hybridized carbons (Fsp3) is 0.600. The monoisotopic (exact) mass is 347 g/mol. The lowest BCUT2D eigenvalue weighted by molar-refractivity contribution is -0.151. The summed E-state index contributed by atoms with van der Waals surface area (Å²) in [6.07, 6.45) is 1.98. The summed E-state index contributed by atoms with van der Waals surface area (Å²) in [7, 11) is 1.66. The molecule has 0 aromatic heterocycles. The van der Waals surface area contributed by atoms with E-state index in [2.05, 4.69) is 13.8 Å². The molecule has 1 unspecified atom stereocenters. The Hall–Kier alpha value is -2.04. The van der Waals surface area contributed by atoms with Gasteiger partial charge in [-0.15, -0.1) is 0 Å². The van der Waals surface area contributed by atoms with Gasteiger partial charge in [-0.2, -0.15) is 0 Å². The van der Waals surface area contributed by atoms with E-state index in [1.165, 1.54) is 0 Å². The minimum absolute atomic E-state index is 0.0638. The van der Waals surface area contributed by atoms with Gasteiger partial charge in [-0.05, 0) is 42.9 Å². The van der Waals surface area contributed by atoms with E-state index in [4.69, 9.17) is 9.47 Å². The largest absolute Gasteiger partial charge is 0.496 e. The predicted molar refractivity (Wildman–Crippen MR) is 96.7 cm³/mol. The van der Waals surface area contributed by atoms with E-state index in [-0.39, 0.29) is 17.8 Å². The number of piperidine rings is 1. The maximum atomic E-state index is 12.7. The minimum atomic E-state index is -0.195. The number of ether oxygens (including phenoxy) is 2. The van der Waals surface area contributed by atoms with Crippen molar-refractivity contribution in [3.05, 3.63) is 29.3 Å². The number of carbonyl (C=O) groups excluding carboxylic acids is 2. The second-order valence-corrected chi connectivity index (χ2v) is 6.84. The van der Waals surface area contributed by atoms with Crippen LogP contribution in [-0.4, -0.2) is 43.6 Å². The Morgan fingerprint density at radius 3 is 2.72 bits per heavy atom. The number of rotatable bonds is 6. The molecule has 5 heteroatoms. The molecule has 1 aliphatic rings. The molecule has 1 aromatic carbocycles. The van der Waals surface area contributed by atoms with Crippen molar-refractivity contribution < 1.29 is 19.1 Å². The highest BCUT2D eigenvalue weighted by molar-refractivity contribution is 5.80. The van der Waals surface area contributed by atoms with Gasteiger partial charge in [0.2, 0.25) is 5.91 Å². The molecule has 0 saturated carbocycles. The Bertz CT molecular complexity index is 612. The number of hydrogen-bond donors (Lipinski definition) is 0.